The fourth-order valence-corrected chi connectivity index (χ4v) is 5.22. The summed E-state index contributed by atoms with van der Waals surface area (Å²) in [6, 6.07) is 27.3. The van der Waals surface area contributed by atoms with Crippen LogP contribution < -0.4 is 9.62 Å². The molecule has 1 aliphatic heterocycles. The molecule has 6 heteroatoms. The number of anilines is 2. The highest BCUT2D eigenvalue weighted by Crippen LogP contribution is 2.32. The highest BCUT2D eigenvalue weighted by atomic mass is 32.2. The number of fused-ring (bicyclic) bond motifs is 2. The van der Waals surface area contributed by atoms with Crippen LogP contribution in [0.5, 0.6) is 0 Å². The molecule has 5 nitrogen and oxygen atoms in total. The van der Waals surface area contributed by atoms with Gasteiger partial charge in [-0.1, -0.05) is 54.6 Å². The van der Waals surface area contributed by atoms with Crippen molar-refractivity contribution in [1.29, 1.82) is 0 Å². The van der Waals surface area contributed by atoms with Gasteiger partial charge in [-0.05, 0) is 65.6 Å². The lowest BCUT2D eigenvalue weighted by atomic mass is 10.00. The number of amides is 1. The lowest BCUT2D eigenvalue weighted by Gasteiger charge is -2.30. The first kappa shape index (κ1) is 20.3. The first-order chi connectivity index (χ1) is 15.5. The van der Waals surface area contributed by atoms with Crippen molar-refractivity contribution in [3.63, 3.8) is 0 Å². The quantitative estimate of drug-likeness (QED) is 0.470. The fourth-order valence-electron chi connectivity index (χ4n) is 4.13. The van der Waals surface area contributed by atoms with E-state index < -0.39 is 10.0 Å². The third-order valence-electron chi connectivity index (χ3n) is 5.75. The molecule has 1 N–H and O–H groups in total. The molecule has 0 unspecified atom stereocenters. The topological polar surface area (TPSA) is 66.5 Å². The van der Waals surface area contributed by atoms with Gasteiger partial charge >= 0.3 is 0 Å². The Hall–Kier alpha value is -3.64. The molecule has 0 spiro atoms. The van der Waals surface area contributed by atoms with Gasteiger partial charge in [0.25, 0.3) is 15.9 Å². The first-order valence-electron chi connectivity index (χ1n) is 10.5. The maximum absolute atomic E-state index is 13.1. The van der Waals surface area contributed by atoms with Crippen molar-refractivity contribution < 1.29 is 13.2 Å². The molecule has 0 saturated heterocycles. The van der Waals surface area contributed by atoms with Crippen LogP contribution in [0.15, 0.2) is 95.9 Å². The zero-order chi connectivity index (χ0) is 22.1. The number of nitrogens with zero attached hydrogens (tertiary/aromatic N) is 1. The van der Waals surface area contributed by atoms with E-state index in [0.29, 0.717) is 17.8 Å². The van der Waals surface area contributed by atoms with Crippen molar-refractivity contribution in [2.45, 2.75) is 17.7 Å². The Labute approximate surface area is 187 Å². The van der Waals surface area contributed by atoms with E-state index in [1.54, 1.807) is 47.4 Å². The second-order valence-electron chi connectivity index (χ2n) is 7.88. The van der Waals surface area contributed by atoms with E-state index in [1.807, 2.05) is 48.5 Å². The average Bonchev–Trinajstić information content (AvgIpc) is 2.83. The van der Waals surface area contributed by atoms with Crippen LogP contribution in [0.3, 0.4) is 0 Å². The Morgan fingerprint density at radius 2 is 1.56 bits per heavy atom. The van der Waals surface area contributed by atoms with Crippen molar-refractivity contribution in [2.75, 3.05) is 16.2 Å². The van der Waals surface area contributed by atoms with Crippen LogP contribution in [-0.4, -0.2) is 20.9 Å². The Morgan fingerprint density at radius 1 is 0.812 bits per heavy atom. The van der Waals surface area contributed by atoms with Gasteiger partial charge < -0.3 is 4.90 Å². The van der Waals surface area contributed by atoms with Crippen LogP contribution in [0.2, 0.25) is 0 Å². The summed E-state index contributed by atoms with van der Waals surface area (Å²) in [5.74, 6) is -0.0823. The van der Waals surface area contributed by atoms with Crippen LogP contribution in [-0.2, 0) is 16.4 Å². The van der Waals surface area contributed by atoms with Gasteiger partial charge in [0, 0.05) is 17.8 Å². The molecule has 4 aromatic carbocycles. The fraction of sp³-hybridized carbons (Fsp3) is 0.115. The second kappa shape index (κ2) is 8.13. The van der Waals surface area contributed by atoms with Gasteiger partial charge in [-0.3, -0.25) is 9.52 Å². The highest BCUT2D eigenvalue weighted by Gasteiger charge is 2.24. The van der Waals surface area contributed by atoms with Gasteiger partial charge in [0.05, 0.1) is 10.6 Å². The number of aryl methyl sites for hydroxylation is 1. The van der Waals surface area contributed by atoms with E-state index in [2.05, 4.69) is 4.72 Å². The molecular formula is C26H22N2O3S. The van der Waals surface area contributed by atoms with Gasteiger partial charge in [-0.2, -0.15) is 0 Å². The number of benzene rings is 4. The number of hydrogen-bond acceptors (Lipinski definition) is 3. The molecule has 0 aliphatic carbocycles. The number of hydrogen-bond donors (Lipinski definition) is 1. The second-order valence-corrected chi connectivity index (χ2v) is 9.57. The van der Waals surface area contributed by atoms with E-state index in [-0.39, 0.29) is 10.8 Å². The molecule has 1 aliphatic rings. The van der Waals surface area contributed by atoms with Crippen LogP contribution >= 0.6 is 0 Å². The molecule has 1 amide bonds. The van der Waals surface area contributed by atoms with Crippen LogP contribution in [0, 0.1) is 0 Å². The van der Waals surface area contributed by atoms with E-state index >= 15 is 0 Å². The van der Waals surface area contributed by atoms with E-state index in [4.69, 9.17) is 0 Å². The molecule has 0 fully saturated rings. The predicted molar refractivity (Wildman–Crippen MR) is 128 cm³/mol. The maximum Gasteiger partial charge on any atom is 0.261 e. The van der Waals surface area contributed by atoms with Gasteiger partial charge in [-0.15, -0.1) is 0 Å². The number of rotatable bonds is 4. The van der Waals surface area contributed by atoms with E-state index in [0.717, 1.165) is 34.9 Å². The summed E-state index contributed by atoms with van der Waals surface area (Å²) in [5, 5.41) is 1.84. The monoisotopic (exact) mass is 442 g/mol. The smallest absolute Gasteiger partial charge is 0.261 e. The standard InChI is InChI=1S/C26H22N2O3S/c29-26(21-8-2-1-3-9-21)28-16-6-11-20-12-14-23(18-25(20)28)27-32(30,31)24-15-13-19-7-4-5-10-22(19)17-24/h1-5,7-10,12-15,17-18,27H,6,11,16H2. The third-order valence-corrected chi connectivity index (χ3v) is 7.13. The molecule has 0 radical (unpaired) electrons. The van der Waals surface area contributed by atoms with Crippen molar-refractivity contribution in [2.24, 2.45) is 0 Å². The molecule has 0 saturated carbocycles. The highest BCUT2D eigenvalue weighted by molar-refractivity contribution is 7.92. The zero-order valence-electron chi connectivity index (χ0n) is 17.4. The van der Waals surface area contributed by atoms with Gasteiger partial charge in [0.15, 0.2) is 0 Å². The Balaban J connectivity index is 1.47. The number of carbonyl (C=O) groups excluding carboxylic acids is 1. The molecular weight excluding hydrogens is 420 g/mol. The molecule has 160 valence electrons. The minimum absolute atomic E-state index is 0.0823. The van der Waals surface area contributed by atoms with E-state index in [9.17, 15) is 13.2 Å². The summed E-state index contributed by atoms with van der Waals surface area (Å²) in [6.07, 6.45) is 1.72. The summed E-state index contributed by atoms with van der Waals surface area (Å²) < 4.78 is 28.8. The summed E-state index contributed by atoms with van der Waals surface area (Å²) >= 11 is 0. The van der Waals surface area contributed by atoms with E-state index in [1.165, 1.54) is 0 Å². The Kier molecular flexibility index (Phi) is 5.15. The molecule has 0 atom stereocenters. The van der Waals surface area contributed by atoms with Gasteiger partial charge in [0.2, 0.25) is 0 Å². The van der Waals surface area contributed by atoms with Crippen molar-refractivity contribution in [3.05, 3.63) is 102 Å². The molecule has 5 rings (SSSR count). The third kappa shape index (κ3) is 3.85. The van der Waals surface area contributed by atoms with Crippen LogP contribution in [0.4, 0.5) is 11.4 Å². The van der Waals surface area contributed by atoms with Crippen molar-refractivity contribution in [1.82, 2.24) is 0 Å². The zero-order valence-corrected chi connectivity index (χ0v) is 18.2. The average molecular weight is 443 g/mol. The first-order valence-corrected chi connectivity index (χ1v) is 12.0. The summed E-state index contributed by atoms with van der Waals surface area (Å²) in [6.45, 7) is 0.599. The Bertz CT molecular complexity index is 1420. The minimum atomic E-state index is -3.77. The lowest BCUT2D eigenvalue weighted by molar-refractivity contribution is 0.0985. The normalized spacial score (nSPS) is 13.6. The maximum atomic E-state index is 13.1. The lowest BCUT2D eigenvalue weighted by Crippen LogP contribution is -2.35. The number of nitrogens with one attached hydrogen (secondary N) is 1. The summed E-state index contributed by atoms with van der Waals surface area (Å²) in [5.41, 5.74) is 2.84. The SMILES string of the molecule is O=C(c1ccccc1)N1CCCc2ccc(NS(=O)(=O)c3ccc4ccccc4c3)cc21. The number of carbonyl (C=O) groups is 1. The van der Waals surface area contributed by atoms with Crippen LogP contribution in [0.25, 0.3) is 10.8 Å². The number of sulfonamides is 1. The Morgan fingerprint density at radius 3 is 2.38 bits per heavy atom. The molecule has 0 aromatic heterocycles. The summed E-state index contributed by atoms with van der Waals surface area (Å²) in [4.78, 5) is 15.0. The molecule has 4 aromatic rings. The molecule has 1 heterocycles. The van der Waals surface area contributed by atoms with Crippen molar-refractivity contribution in [3.8, 4) is 0 Å². The van der Waals surface area contributed by atoms with Gasteiger partial charge in [0.1, 0.15) is 0 Å². The predicted octanol–water partition coefficient (Wildman–Crippen LogP) is 5.23. The largest absolute Gasteiger partial charge is 0.308 e. The molecule has 0 bridgehead atoms. The molecule has 32 heavy (non-hydrogen) atoms. The minimum Gasteiger partial charge on any atom is -0.308 e. The van der Waals surface area contributed by atoms with Crippen LogP contribution in [0.1, 0.15) is 22.3 Å². The van der Waals surface area contributed by atoms with Crippen molar-refractivity contribution >= 4 is 38.1 Å². The van der Waals surface area contributed by atoms with Gasteiger partial charge in [-0.25, -0.2) is 8.42 Å². The summed E-state index contributed by atoms with van der Waals surface area (Å²) in [7, 11) is -3.77.